The summed E-state index contributed by atoms with van der Waals surface area (Å²) in [4.78, 5) is 21.3. The van der Waals surface area contributed by atoms with E-state index in [1.807, 2.05) is 59.3 Å². The highest BCUT2D eigenvalue weighted by molar-refractivity contribution is 6.04. The van der Waals surface area contributed by atoms with Crippen molar-refractivity contribution in [3.05, 3.63) is 72.3 Å². The molecule has 4 aromatic rings. The first-order chi connectivity index (χ1) is 12.8. The fourth-order valence-corrected chi connectivity index (χ4v) is 2.95. The van der Waals surface area contributed by atoms with Crippen molar-refractivity contribution in [2.75, 3.05) is 11.9 Å². The van der Waals surface area contributed by atoms with Gasteiger partial charge in [-0.15, -0.1) is 0 Å². The van der Waals surface area contributed by atoms with Gasteiger partial charge < -0.3 is 14.5 Å². The van der Waals surface area contributed by atoms with Gasteiger partial charge in [0, 0.05) is 24.0 Å². The van der Waals surface area contributed by atoms with Crippen LogP contribution in [0.3, 0.4) is 0 Å². The monoisotopic (exact) mass is 346 g/mol. The summed E-state index contributed by atoms with van der Waals surface area (Å²) in [6, 6.07) is 13.6. The van der Waals surface area contributed by atoms with E-state index in [0.29, 0.717) is 24.4 Å². The summed E-state index contributed by atoms with van der Waals surface area (Å²) in [5.74, 6) is -0.386. The standard InChI is InChI=1S/C20H18N4O2/c1-2-26-20(25)16-12-21-17-8-4-3-7-15(17)19(16)22-11-14-13-24-10-6-5-9-18(24)23-14/h3-10,12-13H,2,11H2,1H3,(H,21,22). The van der Waals surface area contributed by atoms with Crippen molar-refractivity contribution in [1.82, 2.24) is 14.4 Å². The molecule has 0 unspecified atom stereocenters. The number of aromatic nitrogens is 3. The molecule has 1 N–H and O–H groups in total. The molecule has 26 heavy (non-hydrogen) atoms. The number of hydrogen-bond donors (Lipinski definition) is 1. The number of nitrogens with zero attached hydrogens (tertiary/aromatic N) is 3. The molecule has 0 fully saturated rings. The van der Waals surface area contributed by atoms with Gasteiger partial charge in [-0.3, -0.25) is 4.98 Å². The van der Waals surface area contributed by atoms with Gasteiger partial charge in [-0.2, -0.15) is 0 Å². The second-order valence-corrected chi connectivity index (χ2v) is 5.84. The van der Waals surface area contributed by atoms with Gasteiger partial charge in [0.15, 0.2) is 0 Å². The molecule has 3 aromatic heterocycles. The average Bonchev–Trinajstić information content (AvgIpc) is 3.09. The minimum Gasteiger partial charge on any atom is -0.462 e. The first-order valence-corrected chi connectivity index (χ1v) is 8.47. The lowest BCUT2D eigenvalue weighted by Crippen LogP contribution is -2.11. The molecule has 0 saturated carbocycles. The molecule has 0 amide bonds. The molecule has 130 valence electrons. The summed E-state index contributed by atoms with van der Waals surface area (Å²) in [6.45, 7) is 2.59. The molecule has 0 aliphatic rings. The highest BCUT2D eigenvalue weighted by Crippen LogP contribution is 2.27. The number of imidazole rings is 1. The molecule has 6 nitrogen and oxygen atoms in total. The molecule has 6 heteroatoms. The lowest BCUT2D eigenvalue weighted by Gasteiger charge is -2.13. The fraction of sp³-hybridized carbons (Fsp3) is 0.150. The Hall–Kier alpha value is -3.41. The first kappa shape index (κ1) is 16.1. The van der Waals surface area contributed by atoms with E-state index in [1.54, 1.807) is 13.1 Å². The molecule has 0 aliphatic carbocycles. The summed E-state index contributed by atoms with van der Waals surface area (Å²) >= 11 is 0. The van der Waals surface area contributed by atoms with Crippen LogP contribution in [0, 0.1) is 0 Å². The van der Waals surface area contributed by atoms with Gasteiger partial charge >= 0.3 is 5.97 Å². The number of fused-ring (bicyclic) bond motifs is 2. The SMILES string of the molecule is CCOC(=O)c1cnc2ccccc2c1NCc1cn2ccccc2n1. The Morgan fingerprint density at radius 1 is 1.19 bits per heavy atom. The van der Waals surface area contributed by atoms with E-state index in [2.05, 4.69) is 15.3 Å². The van der Waals surface area contributed by atoms with Crippen LogP contribution in [0.1, 0.15) is 23.0 Å². The molecule has 0 radical (unpaired) electrons. The van der Waals surface area contributed by atoms with Crippen LogP contribution in [0.5, 0.6) is 0 Å². The second kappa shape index (κ2) is 6.84. The molecule has 0 aliphatic heterocycles. The fourth-order valence-electron chi connectivity index (χ4n) is 2.95. The van der Waals surface area contributed by atoms with Gasteiger partial charge in [0.2, 0.25) is 0 Å². The van der Waals surface area contributed by atoms with Crippen LogP contribution in [0.25, 0.3) is 16.6 Å². The van der Waals surface area contributed by atoms with Gasteiger partial charge in [0.1, 0.15) is 11.2 Å². The Balaban J connectivity index is 1.71. The molecule has 3 heterocycles. The zero-order valence-electron chi connectivity index (χ0n) is 14.3. The highest BCUT2D eigenvalue weighted by atomic mass is 16.5. The summed E-state index contributed by atoms with van der Waals surface area (Å²) in [5.41, 5.74) is 3.72. The number of carbonyl (C=O) groups excluding carboxylic acids is 1. The predicted molar refractivity (Wildman–Crippen MR) is 100 cm³/mol. The normalized spacial score (nSPS) is 11.0. The maximum Gasteiger partial charge on any atom is 0.341 e. The third-order valence-electron chi connectivity index (χ3n) is 4.13. The van der Waals surface area contributed by atoms with Crippen LogP contribution in [0.2, 0.25) is 0 Å². The van der Waals surface area contributed by atoms with Crippen LogP contribution in [0.15, 0.2) is 61.1 Å². The quantitative estimate of drug-likeness (QED) is 0.558. The Morgan fingerprint density at radius 3 is 2.88 bits per heavy atom. The van der Waals surface area contributed by atoms with Crippen molar-refractivity contribution in [3.8, 4) is 0 Å². The van der Waals surface area contributed by atoms with Crippen molar-refractivity contribution >= 4 is 28.2 Å². The van der Waals surface area contributed by atoms with Crippen molar-refractivity contribution in [1.29, 1.82) is 0 Å². The van der Waals surface area contributed by atoms with Crippen LogP contribution >= 0.6 is 0 Å². The molecule has 0 atom stereocenters. The van der Waals surface area contributed by atoms with Gasteiger partial charge in [-0.25, -0.2) is 9.78 Å². The first-order valence-electron chi connectivity index (χ1n) is 8.47. The van der Waals surface area contributed by atoms with Crippen LogP contribution in [-0.4, -0.2) is 26.9 Å². The van der Waals surface area contributed by atoms with Gasteiger partial charge in [0.25, 0.3) is 0 Å². The Bertz CT molecular complexity index is 1050. The van der Waals surface area contributed by atoms with E-state index < -0.39 is 0 Å². The van der Waals surface area contributed by atoms with Crippen molar-refractivity contribution in [2.45, 2.75) is 13.5 Å². The minimum atomic E-state index is -0.386. The molecule has 0 saturated heterocycles. The third kappa shape index (κ3) is 2.97. The molecule has 4 rings (SSSR count). The number of anilines is 1. The molecular formula is C20H18N4O2. The average molecular weight is 346 g/mol. The molecule has 1 aromatic carbocycles. The Kier molecular flexibility index (Phi) is 4.23. The van der Waals surface area contributed by atoms with Gasteiger partial charge in [-0.05, 0) is 25.1 Å². The largest absolute Gasteiger partial charge is 0.462 e. The number of ether oxygens (including phenoxy) is 1. The maximum atomic E-state index is 12.3. The lowest BCUT2D eigenvalue weighted by molar-refractivity contribution is 0.0527. The van der Waals surface area contributed by atoms with E-state index in [-0.39, 0.29) is 5.97 Å². The van der Waals surface area contributed by atoms with E-state index >= 15 is 0 Å². The number of rotatable bonds is 5. The van der Waals surface area contributed by atoms with Gasteiger partial charge in [-0.1, -0.05) is 24.3 Å². The molecular weight excluding hydrogens is 328 g/mol. The van der Waals surface area contributed by atoms with Crippen molar-refractivity contribution in [3.63, 3.8) is 0 Å². The van der Waals surface area contributed by atoms with Crippen molar-refractivity contribution < 1.29 is 9.53 Å². The third-order valence-corrected chi connectivity index (χ3v) is 4.13. The van der Waals surface area contributed by atoms with E-state index in [0.717, 1.165) is 22.2 Å². The number of para-hydroxylation sites is 1. The summed E-state index contributed by atoms with van der Waals surface area (Å²) in [5, 5.41) is 4.23. The molecule has 0 bridgehead atoms. The Morgan fingerprint density at radius 2 is 2.04 bits per heavy atom. The van der Waals surface area contributed by atoms with Crippen LogP contribution in [0.4, 0.5) is 5.69 Å². The van der Waals surface area contributed by atoms with Gasteiger partial charge in [0.05, 0.1) is 30.0 Å². The number of esters is 1. The minimum absolute atomic E-state index is 0.317. The van der Waals surface area contributed by atoms with E-state index in [4.69, 9.17) is 4.74 Å². The number of carbonyl (C=O) groups is 1. The van der Waals surface area contributed by atoms with Crippen molar-refractivity contribution in [2.24, 2.45) is 0 Å². The highest BCUT2D eigenvalue weighted by Gasteiger charge is 2.16. The zero-order chi connectivity index (χ0) is 17.9. The van der Waals surface area contributed by atoms with Crippen LogP contribution in [-0.2, 0) is 11.3 Å². The predicted octanol–water partition coefficient (Wildman–Crippen LogP) is 3.67. The van der Waals surface area contributed by atoms with E-state index in [1.165, 1.54) is 0 Å². The number of pyridine rings is 2. The second-order valence-electron chi connectivity index (χ2n) is 5.84. The van der Waals surface area contributed by atoms with E-state index in [9.17, 15) is 4.79 Å². The Labute approximate surface area is 150 Å². The number of benzene rings is 1. The topological polar surface area (TPSA) is 68.5 Å². The number of hydrogen-bond acceptors (Lipinski definition) is 5. The lowest BCUT2D eigenvalue weighted by atomic mass is 10.1. The summed E-state index contributed by atoms with van der Waals surface area (Å²) < 4.78 is 7.15. The van der Waals surface area contributed by atoms with Crippen LogP contribution < -0.4 is 5.32 Å². The zero-order valence-corrected chi connectivity index (χ0v) is 14.3. The number of nitrogens with one attached hydrogen (secondary N) is 1. The maximum absolute atomic E-state index is 12.3. The molecule has 0 spiro atoms. The summed E-state index contributed by atoms with van der Waals surface area (Å²) in [6.07, 6.45) is 5.49. The summed E-state index contributed by atoms with van der Waals surface area (Å²) in [7, 11) is 0. The smallest absolute Gasteiger partial charge is 0.341 e.